The minimum Gasteiger partial charge on any atom is -0.442 e. The molecule has 0 spiro atoms. The van der Waals surface area contributed by atoms with E-state index in [1.807, 2.05) is 20.8 Å². The second-order valence-electron chi connectivity index (χ2n) is 3.42. The van der Waals surface area contributed by atoms with Crippen molar-refractivity contribution in [3.05, 3.63) is 0 Å². The van der Waals surface area contributed by atoms with Gasteiger partial charge in [-0.15, -0.1) is 0 Å². The summed E-state index contributed by atoms with van der Waals surface area (Å²) in [6, 6.07) is 0. The first-order valence-electron chi connectivity index (χ1n) is 3.54. The van der Waals surface area contributed by atoms with Crippen LogP contribution in [-0.2, 0) is 4.74 Å². The van der Waals surface area contributed by atoms with Gasteiger partial charge in [0, 0.05) is 5.54 Å². The first kappa shape index (κ1) is 11.2. The minimum absolute atomic E-state index is 0.0166. The highest BCUT2D eigenvalue weighted by Gasteiger charge is 2.14. The zero-order valence-corrected chi connectivity index (χ0v) is 8.33. The first-order chi connectivity index (χ1) is 5.31. The number of thiocarbonyl (C=S) groups is 1. The zero-order chi connectivity index (χ0) is 9.78. The molecule has 0 rings (SSSR count). The van der Waals surface area contributed by atoms with E-state index in [-0.39, 0.29) is 17.1 Å². The Bertz CT molecular complexity index is 186. The fourth-order valence-electron chi connectivity index (χ4n) is 0.479. The molecule has 0 saturated carbocycles. The molecule has 0 heterocycles. The molecule has 0 aliphatic rings. The predicted molar refractivity (Wildman–Crippen MR) is 51.0 cm³/mol. The van der Waals surface area contributed by atoms with Crippen molar-refractivity contribution in [1.82, 2.24) is 5.32 Å². The van der Waals surface area contributed by atoms with E-state index in [1.165, 1.54) is 0 Å². The smallest absolute Gasteiger partial charge is 0.407 e. The molecule has 0 saturated heterocycles. The van der Waals surface area contributed by atoms with Crippen LogP contribution in [0.5, 0.6) is 0 Å². The van der Waals surface area contributed by atoms with Gasteiger partial charge in [0.05, 0.1) is 0 Å². The molecule has 3 N–H and O–H groups in total. The van der Waals surface area contributed by atoms with Crippen molar-refractivity contribution >= 4 is 23.3 Å². The summed E-state index contributed by atoms with van der Waals surface area (Å²) in [4.78, 5) is 11.1. The number of alkyl carbamates (subject to hydrolysis) is 1. The van der Waals surface area contributed by atoms with Crippen LogP contribution in [-0.4, -0.2) is 23.2 Å². The minimum atomic E-state index is -0.504. The average Bonchev–Trinajstić information content (AvgIpc) is 1.79. The Balaban J connectivity index is 3.68. The lowest BCUT2D eigenvalue weighted by molar-refractivity contribution is 0.153. The number of hydrogen-bond acceptors (Lipinski definition) is 3. The topological polar surface area (TPSA) is 64.3 Å². The van der Waals surface area contributed by atoms with E-state index in [9.17, 15) is 4.79 Å². The summed E-state index contributed by atoms with van der Waals surface area (Å²) in [6.07, 6.45) is -0.504. The Kier molecular flexibility index (Phi) is 3.95. The lowest BCUT2D eigenvalue weighted by Crippen LogP contribution is -2.41. The number of amides is 1. The van der Waals surface area contributed by atoms with Gasteiger partial charge in [-0.1, -0.05) is 12.2 Å². The van der Waals surface area contributed by atoms with E-state index in [1.54, 1.807) is 0 Å². The van der Waals surface area contributed by atoms with Gasteiger partial charge in [0.1, 0.15) is 11.6 Å². The molecule has 5 heteroatoms. The van der Waals surface area contributed by atoms with Crippen LogP contribution in [0.1, 0.15) is 20.8 Å². The van der Waals surface area contributed by atoms with Gasteiger partial charge in [0.2, 0.25) is 0 Å². The Morgan fingerprint density at radius 2 is 2.08 bits per heavy atom. The fraction of sp³-hybridized carbons (Fsp3) is 0.714. The lowest BCUT2D eigenvalue weighted by atomic mass is 10.1. The molecule has 0 aromatic rings. The SMILES string of the molecule is CC(C)(C)NC(=O)OCC(N)=S. The number of carbonyl (C=O) groups excluding carboxylic acids is 1. The number of nitrogens with one attached hydrogen (secondary N) is 1. The van der Waals surface area contributed by atoms with E-state index in [0.29, 0.717) is 0 Å². The third-order valence-corrected chi connectivity index (χ3v) is 0.940. The molecule has 0 unspecified atom stereocenters. The van der Waals surface area contributed by atoms with Crippen LogP contribution in [0.25, 0.3) is 0 Å². The van der Waals surface area contributed by atoms with E-state index in [4.69, 9.17) is 5.73 Å². The molecule has 70 valence electrons. The normalized spacial score (nSPS) is 10.6. The van der Waals surface area contributed by atoms with E-state index >= 15 is 0 Å². The number of rotatable bonds is 2. The fourth-order valence-corrected chi connectivity index (χ4v) is 0.538. The summed E-state index contributed by atoms with van der Waals surface area (Å²) < 4.78 is 4.66. The van der Waals surface area contributed by atoms with Gasteiger partial charge < -0.3 is 15.8 Å². The van der Waals surface area contributed by atoms with Crippen molar-refractivity contribution in [2.45, 2.75) is 26.3 Å². The summed E-state index contributed by atoms with van der Waals surface area (Å²) in [6.45, 7) is 5.55. The van der Waals surface area contributed by atoms with Crippen LogP contribution < -0.4 is 11.1 Å². The quantitative estimate of drug-likeness (QED) is 0.632. The number of ether oxygens (including phenoxy) is 1. The van der Waals surface area contributed by atoms with Gasteiger partial charge in [0.25, 0.3) is 0 Å². The number of hydrogen-bond donors (Lipinski definition) is 2. The van der Waals surface area contributed by atoms with Crippen molar-refractivity contribution in [1.29, 1.82) is 0 Å². The molecule has 0 fully saturated rings. The molecular formula is C7H14N2O2S. The van der Waals surface area contributed by atoms with Gasteiger partial charge in [-0.2, -0.15) is 0 Å². The summed E-state index contributed by atoms with van der Waals surface area (Å²) in [5.74, 6) is 0. The molecule has 0 aliphatic carbocycles. The van der Waals surface area contributed by atoms with Crippen molar-refractivity contribution in [3.63, 3.8) is 0 Å². The summed E-state index contributed by atoms with van der Waals surface area (Å²) in [7, 11) is 0. The van der Waals surface area contributed by atoms with E-state index in [0.717, 1.165) is 0 Å². The van der Waals surface area contributed by atoms with Crippen LogP contribution in [0.4, 0.5) is 4.79 Å². The molecule has 0 bridgehead atoms. The van der Waals surface area contributed by atoms with Gasteiger partial charge in [-0.3, -0.25) is 0 Å². The highest BCUT2D eigenvalue weighted by atomic mass is 32.1. The Morgan fingerprint density at radius 3 is 2.42 bits per heavy atom. The third kappa shape index (κ3) is 7.27. The first-order valence-corrected chi connectivity index (χ1v) is 3.95. The van der Waals surface area contributed by atoms with Crippen molar-refractivity contribution in [2.24, 2.45) is 5.73 Å². The van der Waals surface area contributed by atoms with Crippen LogP contribution in [0, 0.1) is 0 Å². The van der Waals surface area contributed by atoms with Crippen molar-refractivity contribution in [2.75, 3.05) is 6.61 Å². The van der Waals surface area contributed by atoms with Crippen LogP contribution in [0.2, 0.25) is 0 Å². The highest BCUT2D eigenvalue weighted by molar-refractivity contribution is 7.80. The monoisotopic (exact) mass is 190 g/mol. The lowest BCUT2D eigenvalue weighted by Gasteiger charge is -2.19. The predicted octanol–water partition coefficient (Wildman–Crippen LogP) is 0.797. The van der Waals surface area contributed by atoms with Crippen molar-refractivity contribution in [3.8, 4) is 0 Å². The van der Waals surface area contributed by atoms with Gasteiger partial charge >= 0.3 is 6.09 Å². The molecule has 0 radical (unpaired) electrons. The highest BCUT2D eigenvalue weighted by Crippen LogP contribution is 1.98. The molecule has 0 aliphatic heterocycles. The van der Waals surface area contributed by atoms with Crippen LogP contribution in [0.3, 0.4) is 0 Å². The Morgan fingerprint density at radius 1 is 1.58 bits per heavy atom. The average molecular weight is 190 g/mol. The van der Waals surface area contributed by atoms with Gasteiger partial charge in [0.15, 0.2) is 0 Å². The maximum absolute atomic E-state index is 10.9. The van der Waals surface area contributed by atoms with Crippen LogP contribution >= 0.6 is 12.2 Å². The molecule has 4 nitrogen and oxygen atoms in total. The molecule has 1 amide bonds. The molecular weight excluding hydrogens is 176 g/mol. The Labute approximate surface area is 77.5 Å². The summed E-state index contributed by atoms with van der Waals surface area (Å²) in [5, 5.41) is 2.60. The number of nitrogens with two attached hydrogens (primary N) is 1. The maximum atomic E-state index is 10.9. The summed E-state index contributed by atoms with van der Waals surface area (Å²) in [5.41, 5.74) is 4.83. The van der Waals surface area contributed by atoms with Gasteiger partial charge in [-0.25, -0.2) is 4.79 Å². The largest absolute Gasteiger partial charge is 0.442 e. The van der Waals surface area contributed by atoms with Gasteiger partial charge in [-0.05, 0) is 20.8 Å². The molecule has 0 aromatic heterocycles. The van der Waals surface area contributed by atoms with Crippen molar-refractivity contribution < 1.29 is 9.53 Å². The van der Waals surface area contributed by atoms with E-state index in [2.05, 4.69) is 22.3 Å². The molecule has 12 heavy (non-hydrogen) atoms. The third-order valence-electron chi connectivity index (χ3n) is 0.823. The number of carbonyl (C=O) groups is 1. The summed E-state index contributed by atoms with van der Waals surface area (Å²) >= 11 is 4.53. The molecule has 0 aromatic carbocycles. The second kappa shape index (κ2) is 4.25. The second-order valence-corrected chi connectivity index (χ2v) is 3.94. The molecule has 0 atom stereocenters. The Hall–Kier alpha value is -0.840. The standard InChI is InChI=1S/C7H14N2O2S/c1-7(2,3)9-6(10)11-4-5(8)12/h4H2,1-3H3,(H2,8,12)(H,9,10). The maximum Gasteiger partial charge on any atom is 0.407 e. The zero-order valence-electron chi connectivity index (χ0n) is 7.51. The van der Waals surface area contributed by atoms with E-state index < -0.39 is 6.09 Å². The van der Waals surface area contributed by atoms with Crippen LogP contribution in [0.15, 0.2) is 0 Å².